The van der Waals surface area contributed by atoms with Crippen LogP contribution in [-0.4, -0.2) is 24.0 Å². The van der Waals surface area contributed by atoms with Gasteiger partial charge >= 0.3 is 0 Å². The van der Waals surface area contributed by atoms with Crippen molar-refractivity contribution < 1.29 is 4.74 Å². The van der Waals surface area contributed by atoms with Crippen LogP contribution in [-0.2, 0) is 11.2 Å². The molecule has 2 nitrogen and oxygen atoms in total. The Hall–Kier alpha value is -0.220. The summed E-state index contributed by atoms with van der Waals surface area (Å²) < 4.78 is 5.61. The molecule has 0 bridgehead atoms. The Balaban J connectivity index is 2.15. The highest BCUT2D eigenvalue weighted by Gasteiger charge is 2.25. The molecule has 0 aliphatic carbocycles. The van der Waals surface area contributed by atoms with Crippen LogP contribution in [0.4, 0.5) is 0 Å². The van der Waals surface area contributed by atoms with Crippen molar-refractivity contribution in [1.82, 2.24) is 0 Å². The Labute approximate surface area is 118 Å². The summed E-state index contributed by atoms with van der Waals surface area (Å²) in [5, 5.41) is 1.32. The highest BCUT2D eigenvalue weighted by atomic mass is 35.5. The van der Waals surface area contributed by atoms with Gasteiger partial charge in [0.25, 0.3) is 0 Å². The summed E-state index contributed by atoms with van der Waals surface area (Å²) in [5.74, 6) is 0. The van der Waals surface area contributed by atoms with Gasteiger partial charge in [-0.25, -0.2) is 0 Å². The Morgan fingerprint density at radius 1 is 1.56 bits per heavy atom. The average molecular weight is 286 g/mol. The second-order valence-electron chi connectivity index (χ2n) is 4.95. The van der Waals surface area contributed by atoms with Crippen LogP contribution in [0.1, 0.15) is 25.8 Å². The minimum Gasteiger partial charge on any atom is -0.377 e. The number of nitrogens with two attached hydrogens (primary N) is 1. The molecule has 1 aliphatic heterocycles. The van der Waals surface area contributed by atoms with E-state index in [1.165, 1.54) is 10.5 Å². The molecule has 100 valence electrons. The lowest BCUT2D eigenvalue weighted by atomic mass is 10.1. The average Bonchev–Trinajstić information content (AvgIpc) is 2.67. The molecule has 1 saturated heterocycles. The maximum Gasteiger partial charge on any atom is 0.0669 e. The van der Waals surface area contributed by atoms with Crippen LogP contribution in [0.5, 0.6) is 0 Å². The zero-order chi connectivity index (χ0) is 13.1. The molecule has 2 rings (SSSR count). The molecule has 3 unspecified atom stereocenters. The molecule has 18 heavy (non-hydrogen) atoms. The molecule has 0 amide bonds. The van der Waals surface area contributed by atoms with Crippen LogP contribution in [0, 0.1) is 0 Å². The second kappa shape index (κ2) is 6.29. The van der Waals surface area contributed by atoms with E-state index in [1.807, 2.05) is 30.8 Å². The second-order valence-corrected chi connectivity index (χ2v) is 6.67. The number of hydrogen-bond donors (Lipinski definition) is 1. The topological polar surface area (TPSA) is 35.2 Å². The van der Waals surface area contributed by atoms with Crippen molar-refractivity contribution >= 4 is 23.4 Å². The number of halogens is 1. The van der Waals surface area contributed by atoms with Gasteiger partial charge in [-0.1, -0.05) is 11.6 Å². The predicted octanol–water partition coefficient (Wildman–Crippen LogP) is 3.50. The van der Waals surface area contributed by atoms with E-state index < -0.39 is 0 Å². The minimum absolute atomic E-state index is 0.153. The third kappa shape index (κ3) is 3.64. The van der Waals surface area contributed by atoms with Crippen LogP contribution in [0.3, 0.4) is 0 Å². The summed E-state index contributed by atoms with van der Waals surface area (Å²) in [5.41, 5.74) is 7.15. The Morgan fingerprint density at radius 2 is 2.33 bits per heavy atom. The van der Waals surface area contributed by atoms with E-state index in [-0.39, 0.29) is 6.04 Å². The van der Waals surface area contributed by atoms with Gasteiger partial charge in [0.1, 0.15) is 0 Å². The van der Waals surface area contributed by atoms with Crippen molar-refractivity contribution in [3.63, 3.8) is 0 Å². The number of benzene rings is 1. The van der Waals surface area contributed by atoms with Gasteiger partial charge in [0.05, 0.1) is 6.10 Å². The van der Waals surface area contributed by atoms with Gasteiger partial charge in [-0.15, -0.1) is 11.8 Å². The molecule has 0 spiro atoms. The van der Waals surface area contributed by atoms with Crippen molar-refractivity contribution in [3.8, 4) is 0 Å². The summed E-state index contributed by atoms with van der Waals surface area (Å²) in [6.07, 6.45) is 2.31. The molecule has 0 aromatic heterocycles. The lowest BCUT2D eigenvalue weighted by Crippen LogP contribution is -2.19. The van der Waals surface area contributed by atoms with Crippen LogP contribution in [0.15, 0.2) is 23.1 Å². The zero-order valence-electron chi connectivity index (χ0n) is 10.9. The maximum atomic E-state index is 6.07. The molecule has 2 N–H and O–H groups in total. The first-order valence-corrected chi connectivity index (χ1v) is 7.64. The molecule has 1 heterocycles. The molecule has 1 aromatic carbocycles. The van der Waals surface area contributed by atoms with Gasteiger partial charge in [0, 0.05) is 27.8 Å². The fourth-order valence-electron chi connectivity index (χ4n) is 2.20. The lowest BCUT2D eigenvalue weighted by Gasteiger charge is -2.17. The molecule has 1 fully saturated rings. The summed E-state index contributed by atoms with van der Waals surface area (Å²) in [6, 6.07) is 6.25. The minimum atomic E-state index is 0.153. The highest BCUT2D eigenvalue weighted by molar-refractivity contribution is 8.00. The first kappa shape index (κ1) is 14.2. The molecule has 1 aromatic rings. The van der Waals surface area contributed by atoms with Crippen LogP contribution in [0.25, 0.3) is 0 Å². The molecular weight excluding hydrogens is 266 g/mol. The fourth-order valence-corrected chi connectivity index (χ4v) is 3.64. The number of thioether (sulfide) groups is 1. The number of rotatable bonds is 4. The first-order chi connectivity index (χ1) is 8.56. The van der Waals surface area contributed by atoms with Crippen LogP contribution >= 0.6 is 23.4 Å². The van der Waals surface area contributed by atoms with E-state index in [2.05, 4.69) is 13.0 Å². The summed E-state index contributed by atoms with van der Waals surface area (Å²) in [4.78, 5) is 1.29. The van der Waals surface area contributed by atoms with Crippen molar-refractivity contribution in [2.75, 3.05) is 6.61 Å². The van der Waals surface area contributed by atoms with E-state index in [9.17, 15) is 0 Å². The molecule has 1 aliphatic rings. The van der Waals surface area contributed by atoms with Crippen LogP contribution in [0.2, 0.25) is 5.02 Å². The summed E-state index contributed by atoms with van der Waals surface area (Å²) in [6.45, 7) is 5.04. The smallest absolute Gasteiger partial charge is 0.0669 e. The monoisotopic (exact) mass is 285 g/mol. The summed E-state index contributed by atoms with van der Waals surface area (Å²) >= 11 is 7.97. The third-order valence-electron chi connectivity index (χ3n) is 3.15. The van der Waals surface area contributed by atoms with Gasteiger partial charge in [-0.3, -0.25) is 0 Å². The molecule has 0 saturated carbocycles. The number of hydrogen-bond acceptors (Lipinski definition) is 3. The molecule has 4 heteroatoms. The third-order valence-corrected chi connectivity index (χ3v) is 4.96. The van der Waals surface area contributed by atoms with Crippen LogP contribution < -0.4 is 5.73 Å². The fraction of sp³-hybridized carbons (Fsp3) is 0.571. The Kier molecular flexibility index (Phi) is 4.96. The Bertz CT molecular complexity index is 411. The standard InChI is InChI=1S/C14H20ClNOS/c1-9(16)7-11-8-12(15)3-4-14(11)18-13-5-6-17-10(13)2/h3-4,8-10,13H,5-7,16H2,1-2H3. The largest absolute Gasteiger partial charge is 0.377 e. The SMILES string of the molecule is CC(N)Cc1cc(Cl)ccc1SC1CCOC1C. The van der Waals surface area contributed by atoms with E-state index in [0.717, 1.165) is 24.5 Å². The van der Waals surface area contributed by atoms with Gasteiger partial charge < -0.3 is 10.5 Å². The van der Waals surface area contributed by atoms with E-state index in [0.29, 0.717) is 11.4 Å². The summed E-state index contributed by atoms with van der Waals surface area (Å²) in [7, 11) is 0. The van der Waals surface area contributed by atoms with Crippen molar-refractivity contribution in [3.05, 3.63) is 28.8 Å². The molecular formula is C14H20ClNOS. The first-order valence-electron chi connectivity index (χ1n) is 6.38. The lowest BCUT2D eigenvalue weighted by molar-refractivity contribution is 0.127. The molecule has 0 radical (unpaired) electrons. The van der Waals surface area contributed by atoms with Gasteiger partial charge in [0.2, 0.25) is 0 Å². The van der Waals surface area contributed by atoms with Crippen molar-refractivity contribution in [2.45, 2.75) is 49.0 Å². The van der Waals surface area contributed by atoms with Gasteiger partial charge in [0.15, 0.2) is 0 Å². The van der Waals surface area contributed by atoms with E-state index >= 15 is 0 Å². The normalized spacial score (nSPS) is 25.3. The Morgan fingerprint density at radius 3 is 2.94 bits per heavy atom. The molecule has 3 atom stereocenters. The predicted molar refractivity (Wildman–Crippen MR) is 78.5 cm³/mol. The van der Waals surface area contributed by atoms with Gasteiger partial charge in [-0.05, 0) is 50.5 Å². The highest BCUT2D eigenvalue weighted by Crippen LogP contribution is 2.35. The van der Waals surface area contributed by atoms with Crippen molar-refractivity contribution in [1.29, 1.82) is 0 Å². The number of ether oxygens (including phenoxy) is 1. The van der Waals surface area contributed by atoms with Crippen molar-refractivity contribution in [2.24, 2.45) is 5.73 Å². The maximum absolute atomic E-state index is 6.07. The van der Waals surface area contributed by atoms with E-state index in [1.54, 1.807) is 0 Å². The van der Waals surface area contributed by atoms with Gasteiger partial charge in [-0.2, -0.15) is 0 Å². The zero-order valence-corrected chi connectivity index (χ0v) is 12.4. The quantitative estimate of drug-likeness (QED) is 0.920. The van der Waals surface area contributed by atoms with E-state index in [4.69, 9.17) is 22.1 Å².